The van der Waals surface area contributed by atoms with Crippen molar-refractivity contribution < 1.29 is 0 Å². The van der Waals surface area contributed by atoms with Crippen LogP contribution in [0, 0.1) is 18.3 Å². The van der Waals surface area contributed by atoms with Crippen LogP contribution in [-0.4, -0.2) is 12.6 Å². The molecule has 1 N–H and O–H groups in total. The van der Waals surface area contributed by atoms with Crippen LogP contribution in [0.15, 0.2) is 24.3 Å². The molecule has 106 valence electrons. The van der Waals surface area contributed by atoms with Crippen LogP contribution in [0.4, 0.5) is 0 Å². The van der Waals surface area contributed by atoms with E-state index in [9.17, 15) is 0 Å². The summed E-state index contributed by atoms with van der Waals surface area (Å²) in [5.41, 5.74) is 3.45. The second-order valence-corrected chi connectivity index (χ2v) is 7.12. The first-order valence-electron chi connectivity index (χ1n) is 7.76. The summed E-state index contributed by atoms with van der Waals surface area (Å²) in [6.45, 7) is 10.5. The quantitative estimate of drug-likeness (QED) is 0.848. The maximum Gasteiger partial charge on any atom is 0.00932 e. The molecule has 0 spiro atoms. The Morgan fingerprint density at radius 1 is 1.26 bits per heavy atom. The number of benzene rings is 1. The third kappa shape index (κ3) is 4.07. The Kier molecular flexibility index (Phi) is 4.67. The Labute approximate surface area is 118 Å². The molecule has 0 aliphatic heterocycles. The van der Waals surface area contributed by atoms with E-state index in [0.29, 0.717) is 5.41 Å². The van der Waals surface area contributed by atoms with Gasteiger partial charge in [-0.3, -0.25) is 0 Å². The molecule has 1 aromatic carbocycles. The molecule has 1 aliphatic carbocycles. The molecule has 0 radical (unpaired) electrons. The predicted octanol–water partition coefficient (Wildman–Crippen LogP) is 4.34. The van der Waals surface area contributed by atoms with Crippen molar-refractivity contribution >= 4 is 0 Å². The Morgan fingerprint density at radius 2 is 2.00 bits per heavy atom. The molecule has 1 heteroatoms. The molecule has 1 nitrogen and oxygen atoms in total. The standard InChI is InChI=1S/C18H29N/c1-14-7-5-6-8-16(14)10-12-19-17-9-11-18(3,4)13-15(17)2/h5-8,15,17,19H,9-13H2,1-4H3. The molecular weight excluding hydrogens is 230 g/mol. The zero-order chi connectivity index (χ0) is 13.9. The number of nitrogens with one attached hydrogen (secondary N) is 1. The topological polar surface area (TPSA) is 12.0 Å². The SMILES string of the molecule is Cc1ccccc1CCNC1CCC(C)(C)CC1C. The lowest BCUT2D eigenvalue weighted by Crippen LogP contribution is -2.42. The number of hydrogen-bond donors (Lipinski definition) is 1. The van der Waals surface area contributed by atoms with Gasteiger partial charge in [-0.25, -0.2) is 0 Å². The molecule has 19 heavy (non-hydrogen) atoms. The molecule has 0 heterocycles. The third-order valence-electron chi connectivity index (χ3n) is 4.76. The highest BCUT2D eigenvalue weighted by atomic mass is 14.9. The molecule has 0 amide bonds. The van der Waals surface area contributed by atoms with E-state index >= 15 is 0 Å². The summed E-state index contributed by atoms with van der Waals surface area (Å²) in [5, 5.41) is 3.78. The smallest absolute Gasteiger partial charge is 0.00932 e. The largest absolute Gasteiger partial charge is 0.313 e. The summed E-state index contributed by atoms with van der Waals surface area (Å²) in [6.07, 6.45) is 5.20. The van der Waals surface area contributed by atoms with Crippen LogP contribution in [0.3, 0.4) is 0 Å². The zero-order valence-electron chi connectivity index (χ0n) is 13.0. The first kappa shape index (κ1) is 14.6. The van der Waals surface area contributed by atoms with Gasteiger partial charge >= 0.3 is 0 Å². The monoisotopic (exact) mass is 259 g/mol. The van der Waals surface area contributed by atoms with Gasteiger partial charge in [0.25, 0.3) is 0 Å². The third-order valence-corrected chi connectivity index (χ3v) is 4.76. The second-order valence-electron chi connectivity index (χ2n) is 7.12. The summed E-state index contributed by atoms with van der Waals surface area (Å²) in [5.74, 6) is 0.806. The van der Waals surface area contributed by atoms with Gasteiger partial charge in [0.2, 0.25) is 0 Å². The Bertz CT molecular complexity index is 408. The lowest BCUT2D eigenvalue weighted by atomic mass is 9.70. The lowest BCUT2D eigenvalue weighted by Gasteiger charge is -2.39. The van der Waals surface area contributed by atoms with Crippen molar-refractivity contribution in [2.45, 2.75) is 59.4 Å². The van der Waals surface area contributed by atoms with Gasteiger partial charge < -0.3 is 5.32 Å². The first-order valence-corrected chi connectivity index (χ1v) is 7.76. The first-order chi connectivity index (χ1) is 8.98. The molecule has 1 aromatic rings. The Hall–Kier alpha value is -0.820. The fraction of sp³-hybridized carbons (Fsp3) is 0.667. The lowest BCUT2D eigenvalue weighted by molar-refractivity contribution is 0.149. The van der Waals surface area contributed by atoms with Crippen LogP contribution in [-0.2, 0) is 6.42 Å². The van der Waals surface area contributed by atoms with Crippen LogP contribution >= 0.6 is 0 Å². The summed E-state index contributed by atoms with van der Waals surface area (Å²) in [6, 6.07) is 9.45. The number of aryl methyl sites for hydroxylation is 1. The molecule has 1 aliphatic rings. The minimum atomic E-state index is 0.549. The van der Waals surface area contributed by atoms with Gasteiger partial charge in [-0.1, -0.05) is 45.0 Å². The fourth-order valence-electron chi connectivity index (χ4n) is 3.53. The van der Waals surface area contributed by atoms with Crippen molar-refractivity contribution in [2.24, 2.45) is 11.3 Å². The summed E-state index contributed by atoms with van der Waals surface area (Å²) >= 11 is 0. The average Bonchev–Trinajstić information content (AvgIpc) is 2.33. The van der Waals surface area contributed by atoms with Crippen molar-refractivity contribution in [1.82, 2.24) is 5.32 Å². The van der Waals surface area contributed by atoms with Crippen LogP contribution in [0.1, 0.15) is 51.2 Å². The number of hydrogen-bond acceptors (Lipinski definition) is 1. The molecule has 2 unspecified atom stereocenters. The van der Waals surface area contributed by atoms with Crippen LogP contribution in [0.5, 0.6) is 0 Å². The zero-order valence-corrected chi connectivity index (χ0v) is 13.0. The van der Waals surface area contributed by atoms with E-state index in [4.69, 9.17) is 0 Å². The molecule has 0 saturated heterocycles. The van der Waals surface area contributed by atoms with E-state index in [1.54, 1.807) is 0 Å². The molecule has 1 fully saturated rings. The van der Waals surface area contributed by atoms with E-state index in [1.165, 1.54) is 30.4 Å². The highest BCUT2D eigenvalue weighted by Gasteiger charge is 2.31. The van der Waals surface area contributed by atoms with Crippen LogP contribution in [0.2, 0.25) is 0 Å². The molecule has 0 bridgehead atoms. The van der Waals surface area contributed by atoms with E-state index < -0.39 is 0 Å². The fourth-order valence-corrected chi connectivity index (χ4v) is 3.53. The summed E-state index contributed by atoms with van der Waals surface area (Å²) in [4.78, 5) is 0. The van der Waals surface area contributed by atoms with Crippen molar-refractivity contribution in [1.29, 1.82) is 0 Å². The molecular formula is C18H29N. The van der Waals surface area contributed by atoms with Crippen LogP contribution < -0.4 is 5.32 Å². The van der Waals surface area contributed by atoms with Gasteiger partial charge in [0, 0.05) is 6.04 Å². The maximum absolute atomic E-state index is 3.78. The van der Waals surface area contributed by atoms with Gasteiger partial charge in [-0.2, -0.15) is 0 Å². The van der Waals surface area contributed by atoms with Crippen LogP contribution in [0.25, 0.3) is 0 Å². The predicted molar refractivity (Wildman–Crippen MR) is 83.5 cm³/mol. The van der Waals surface area contributed by atoms with Gasteiger partial charge in [0.15, 0.2) is 0 Å². The van der Waals surface area contributed by atoms with E-state index in [2.05, 4.69) is 57.3 Å². The highest BCUT2D eigenvalue weighted by Crippen LogP contribution is 2.38. The summed E-state index contributed by atoms with van der Waals surface area (Å²) in [7, 11) is 0. The highest BCUT2D eigenvalue weighted by molar-refractivity contribution is 5.25. The Morgan fingerprint density at radius 3 is 2.68 bits per heavy atom. The second kappa shape index (κ2) is 6.09. The summed E-state index contributed by atoms with van der Waals surface area (Å²) < 4.78 is 0. The normalized spacial score (nSPS) is 26.3. The molecule has 2 rings (SSSR count). The van der Waals surface area contributed by atoms with Crippen molar-refractivity contribution in [2.75, 3.05) is 6.54 Å². The van der Waals surface area contributed by atoms with Crippen molar-refractivity contribution in [3.63, 3.8) is 0 Å². The minimum Gasteiger partial charge on any atom is -0.313 e. The number of rotatable bonds is 4. The van der Waals surface area contributed by atoms with Gasteiger partial charge in [-0.05, 0) is 61.6 Å². The molecule has 2 atom stereocenters. The van der Waals surface area contributed by atoms with Gasteiger partial charge in [-0.15, -0.1) is 0 Å². The van der Waals surface area contributed by atoms with Crippen molar-refractivity contribution in [3.8, 4) is 0 Å². The maximum atomic E-state index is 3.78. The van der Waals surface area contributed by atoms with Crippen molar-refractivity contribution in [3.05, 3.63) is 35.4 Å². The minimum absolute atomic E-state index is 0.549. The van der Waals surface area contributed by atoms with Gasteiger partial charge in [0.05, 0.1) is 0 Å². The van der Waals surface area contributed by atoms with Gasteiger partial charge in [0.1, 0.15) is 0 Å². The van der Waals surface area contributed by atoms with E-state index in [-0.39, 0.29) is 0 Å². The Balaban J connectivity index is 1.79. The molecule has 1 saturated carbocycles. The average molecular weight is 259 g/mol. The van der Waals surface area contributed by atoms with E-state index in [0.717, 1.165) is 24.9 Å². The molecule has 0 aromatic heterocycles. The van der Waals surface area contributed by atoms with E-state index in [1.807, 2.05) is 0 Å².